The third-order valence-electron chi connectivity index (χ3n) is 4.65. The SMILES string of the molecule is CN1CCN(C(CNS(=O)(=O)Cc2cccc(Cl)c2)c2ccsc2)CC1. The number of thiophene rings is 1. The molecule has 1 N–H and O–H groups in total. The topological polar surface area (TPSA) is 52.6 Å². The Morgan fingerprint density at radius 2 is 2.00 bits per heavy atom. The molecular formula is C18H24ClN3O2S2. The van der Waals surface area contributed by atoms with Crippen molar-refractivity contribution >= 4 is 33.0 Å². The van der Waals surface area contributed by atoms with Gasteiger partial charge in [0.2, 0.25) is 10.0 Å². The molecule has 1 aromatic carbocycles. The van der Waals surface area contributed by atoms with Crippen molar-refractivity contribution in [2.45, 2.75) is 11.8 Å². The van der Waals surface area contributed by atoms with Gasteiger partial charge in [-0.15, -0.1) is 0 Å². The van der Waals surface area contributed by atoms with E-state index < -0.39 is 10.0 Å². The summed E-state index contributed by atoms with van der Waals surface area (Å²) in [7, 11) is -1.31. The maximum atomic E-state index is 12.5. The van der Waals surface area contributed by atoms with Crippen molar-refractivity contribution in [1.82, 2.24) is 14.5 Å². The standard InChI is InChI=1S/C18H24ClN3O2S2/c1-21-6-8-22(9-7-21)18(16-5-10-25-13-16)12-20-26(23,24)14-15-3-2-4-17(19)11-15/h2-5,10-11,13,18,20H,6-9,12,14H2,1H3. The van der Waals surface area contributed by atoms with E-state index in [4.69, 9.17) is 11.6 Å². The van der Waals surface area contributed by atoms with E-state index >= 15 is 0 Å². The molecule has 1 aromatic heterocycles. The molecule has 0 amide bonds. The summed E-state index contributed by atoms with van der Waals surface area (Å²) in [4.78, 5) is 4.66. The van der Waals surface area contributed by atoms with Gasteiger partial charge >= 0.3 is 0 Å². The van der Waals surface area contributed by atoms with Crippen LogP contribution in [-0.4, -0.2) is 58.0 Å². The minimum atomic E-state index is -3.43. The largest absolute Gasteiger partial charge is 0.304 e. The number of hydrogen-bond donors (Lipinski definition) is 1. The zero-order valence-corrected chi connectivity index (χ0v) is 17.2. The van der Waals surface area contributed by atoms with Crippen molar-refractivity contribution in [3.63, 3.8) is 0 Å². The van der Waals surface area contributed by atoms with Crippen LogP contribution >= 0.6 is 22.9 Å². The number of halogens is 1. The van der Waals surface area contributed by atoms with Gasteiger partial charge in [-0.05, 0) is 47.1 Å². The highest BCUT2D eigenvalue weighted by atomic mass is 35.5. The fraction of sp³-hybridized carbons (Fsp3) is 0.444. The molecule has 1 unspecified atom stereocenters. The lowest BCUT2D eigenvalue weighted by atomic mass is 10.1. The van der Waals surface area contributed by atoms with Crippen LogP contribution in [0.5, 0.6) is 0 Å². The van der Waals surface area contributed by atoms with E-state index in [-0.39, 0.29) is 11.8 Å². The second-order valence-electron chi connectivity index (χ2n) is 6.65. The minimum Gasteiger partial charge on any atom is -0.304 e. The van der Waals surface area contributed by atoms with Crippen LogP contribution in [-0.2, 0) is 15.8 Å². The lowest BCUT2D eigenvalue weighted by Gasteiger charge is -2.37. The van der Waals surface area contributed by atoms with Crippen LogP contribution in [0.25, 0.3) is 0 Å². The molecule has 0 saturated carbocycles. The van der Waals surface area contributed by atoms with Gasteiger partial charge in [-0.2, -0.15) is 11.3 Å². The van der Waals surface area contributed by atoms with Crippen LogP contribution in [0.3, 0.4) is 0 Å². The van der Waals surface area contributed by atoms with Crippen molar-refractivity contribution in [3.05, 3.63) is 57.2 Å². The number of benzene rings is 1. The zero-order chi connectivity index (χ0) is 18.6. The highest BCUT2D eigenvalue weighted by Crippen LogP contribution is 2.24. The van der Waals surface area contributed by atoms with E-state index in [0.717, 1.165) is 26.2 Å². The van der Waals surface area contributed by atoms with Crippen LogP contribution < -0.4 is 4.72 Å². The lowest BCUT2D eigenvalue weighted by Crippen LogP contribution is -2.48. The fourth-order valence-corrected chi connectivity index (χ4v) is 5.21. The molecule has 1 saturated heterocycles. The second-order valence-corrected chi connectivity index (χ2v) is 9.67. The average Bonchev–Trinajstić information content (AvgIpc) is 3.10. The predicted octanol–water partition coefficient (Wildman–Crippen LogP) is 2.81. The Bertz CT molecular complexity index is 804. The zero-order valence-electron chi connectivity index (χ0n) is 14.8. The monoisotopic (exact) mass is 413 g/mol. The van der Waals surface area contributed by atoms with Crippen LogP contribution in [0.15, 0.2) is 41.1 Å². The van der Waals surface area contributed by atoms with Crippen LogP contribution in [0.1, 0.15) is 17.2 Å². The van der Waals surface area contributed by atoms with Crippen molar-refractivity contribution < 1.29 is 8.42 Å². The lowest BCUT2D eigenvalue weighted by molar-refractivity contribution is 0.113. The Labute approximate surface area is 164 Å². The van der Waals surface area contributed by atoms with E-state index in [1.54, 1.807) is 35.6 Å². The third kappa shape index (κ3) is 5.52. The summed E-state index contributed by atoms with van der Waals surface area (Å²) >= 11 is 7.60. The number of rotatable bonds is 7. The van der Waals surface area contributed by atoms with Gasteiger partial charge < -0.3 is 4.90 Å². The van der Waals surface area contributed by atoms with Crippen LogP contribution in [0, 0.1) is 0 Å². The molecule has 5 nitrogen and oxygen atoms in total. The first kappa shape index (κ1) is 19.8. The summed E-state index contributed by atoms with van der Waals surface area (Å²) in [5, 5.41) is 4.69. The number of nitrogens with zero attached hydrogens (tertiary/aromatic N) is 2. The summed E-state index contributed by atoms with van der Waals surface area (Å²) in [5.41, 5.74) is 1.86. The summed E-state index contributed by atoms with van der Waals surface area (Å²) in [6, 6.07) is 9.12. The van der Waals surface area contributed by atoms with Crippen molar-refractivity contribution in [2.24, 2.45) is 0 Å². The average molecular weight is 414 g/mol. The number of sulfonamides is 1. The molecular weight excluding hydrogens is 390 g/mol. The van der Waals surface area contributed by atoms with E-state index in [9.17, 15) is 8.42 Å². The molecule has 0 spiro atoms. The highest BCUT2D eigenvalue weighted by molar-refractivity contribution is 7.88. The number of nitrogens with one attached hydrogen (secondary N) is 1. The van der Waals surface area contributed by atoms with E-state index in [1.807, 2.05) is 5.38 Å². The maximum absolute atomic E-state index is 12.5. The van der Waals surface area contributed by atoms with Crippen molar-refractivity contribution in [1.29, 1.82) is 0 Å². The molecule has 2 heterocycles. The van der Waals surface area contributed by atoms with Crippen LogP contribution in [0.2, 0.25) is 5.02 Å². The van der Waals surface area contributed by atoms with E-state index in [0.29, 0.717) is 17.1 Å². The predicted molar refractivity (Wildman–Crippen MR) is 108 cm³/mol. The number of likely N-dealkylation sites (N-methyl/N-ethyl adjacent to an activating group) is 1. The molecule has 3 rings (SSSR count). The van der Waals surface area contributed by atoms with Gasteiger partial charge in [-0.1, -0.05) is 23.7 Å². The molecule has 1 fully saturated rings. The Morgan fingerprint density at radius 1 is 1.23 bits per heavy atom. The Kier molecular flexibility index (Phi) is 6.71. The van der Waals surface area contributed by atoms with Gasteiger partial charge in [-0.3, -0.25) is 4.90 Å². The maximum Gasteiger partial charge on any atom is 0.215 e. The third-order valence-corrected chi connectivity index (χ3v) is 6.91. The summed E-state index contributed by atoms with van der Waals surface area (Å²) in [6.45, 7) is 4.25. The van der Waals surface area contributed by atoms with E-state index in [1.165, 1.54) is 5.56 Å². The van der Waals surface area contributed by atoms with Gasteiger partial charge in [0.25, 0.3) is 0 Å². The first-order valence-electron chi connectivity index (χ1n) is 8.59. The number of piperazine rings is 1. The highest BCUT2D eigenvalue weighted by Gasteiger charge is 2.25. The first-order chi connectivity index (χ1) is 12.4. The van der Waals surface area contributed by atoms with E-state index in [2.05, 4.69) is 33.0 Å². The summed E-state index contributed by atoms with van der Waals surface area (Å²) in [6.07, 6.45) is 0. The molecule has 142 valence electrons. The molecule has 2 aromatic rings. The summed E-state index contributed by atoms with van der Waals surface area (Å²) in [5.74, 6) is -0.0628. The molecule has 0 radical (unpaired) electrons. The van der Waals surface area contributed by atoms with Crippen molar-refractivity contribution in [2.75, 3.05) is 39.8 Å². The summed E-state index contributed by atoms with van der Waals surface area (Å²) < 4.78 is 27.9. The Morgan fingerprint density at radius 3 is 2.65 bits per heavy atom. The normalized spacial score (nSPS) is 18.1. The minimum absolute atomic E-state index is 0.0593. The smallest absolute Gasteiger partial charge is 0.215 e. The molecule has 0 aliphatic carbocycles. The molecule has 8 heteroatoms. The van der Waals surface area contributed by atoms with Gasteiger partial charge in [-0.25, -0.2) is 13.1 Å². The molecule has 1 atom stereocenters. The van der Waals surface area contributed by atoms with Gasteiger partial charge in [0.15, 0.2) is 0 Å². The number of hydrogen-bond acceptors (Lipinski definition) is 5. The Hall–Kier alpha value is -0.960. The Balaban J connectivity index is 1.67. The fourth-order valence-electron chi connectivity index (χ4n) is 3.16. The van der Waals surface area contributed by atoms with Gasteiger partial charge in [0.05, 0.1) is 5.75 Å². The molecule has 0 bridgehead atoms. The van der Waals surface area contributed by atoms with Crippen LogP contribution in [0.4, 0.5) is 0 Å². The first-order valence-corrected chi connectivity index (χ1v) is 11.6. The van der Waals surface area contributed by atoms with Gasteiger partial charge in [0.1, 0.15) is 0 Å². The van der Waals surface area contributed by atoms with Crippen molar-refractivity contribution in [3.8, 4) is 0 Å². The van der Waals surface area contributed by atoms with Gasteiger partial charge in [0, 0.05) is 43.8 Å². The molecule has 1 aliphatic rings. The quantitative estimate of drug-likeness (QED) is 0.758. The molecule has 26 heavy (non-hydrogen) atoms. The second kappa shape index (κ2) is 8.82. The molecule has 1 aliphatic heterocycles.